The maximum Gasteiger partial charge on any atom is 0.255 e. The molecule has 1 N–H and O–H groups in total. The number of amides is 1. The Morgan fingerprint density at radius 1 is 1.33 bits per heavy atom. The van der Waals surface area contributed by atoms with Gasteiger partial charge in [0.25, 0.3) is 5.92 Å². The fraction of sp³-hybridized carbons (Fsp3) is 0.533. The second kappa shape index (κ2) is 5.54. The molecule has 21 heavy (non-hydrogen) atoms. The predicted octanol–water partition coefficient (Wildman–Crippen LogP) is 2.54. The van der Waals surface area contributed by atoms with Gasteiger partial charge in [-0.2, -0.15) is 0 Å². The van der Waals surface area contributed by atoms with Crippen LogP contribution in [0.15, 0.2) is 24.3 Å². The van der Waals surface area contributed by atoms with Gasteiger partial charge in [-0.3, -0.25) is 9.69 Å². The first kappa shape index (κ1) is 14.7. The van der Waals surface area contributed by atoms with Gasteiger partial charge in [-0.05, 0) is 30.7 Å². The first-order valence-electron chi connectivity index (χ1n) is 7.08. The summed E-state index contributed by atoms with van der Waals surface area (Å²) in [4.78, 5) is 13.7. The van der Waals surface area contributed by atoms with Crippen molar-refractivity contribution in [2.45, 2.75) is 18.9 Å². The minimum Gasteiger partial charge on any atom is -0.351 e. The van der Waals surface area contributed by atoms with Crippen molar-refractivity contribution in [1.29, 1.82) is 0 Å². The van der Waals surface area contributed by atoms with Crippen molar-refractivity contribution in [1.82, 2.24) is 10.2 Å². The van der Waals surface area contributed by atoms with Crippen LogP contribution in [-0.2, 0) is 11.3 Å². The van der Waals surface area contributed by atoms with Crippen LogP contribution in [0.1, 0.15) is 12.0 Å². The highest BCUT2D eigenvalue weighted by molar-refractivity contribution is 6.30. The van der Waals surface area contributed by atoms with Crippen molar-refractivity contribution in [3.63, 3.8) is 0 Å². The molecular weight excluding hydrogens is 298 g/mol. The molecule has 1 saturated carbocycles. The summed E-state index contributed by atoms with van der Waals surface area (Å²) < 4.78 is 26.6. The van der Waals surface area contributed by atoms with E-state index in [1.165, 1.54) is 0 Å². The fourth-order valence-corrected chi connectivity index (χ4v) is 3.13. The van der Waals surface area contributed by atoms with Gasteiger partial charge >= 0.3 is 0 Å². The Labute approximate surface area is 127 Å². The normalized spacial score (nSPS) is 27.0. The molecule has 1 aliphatic heterocycles. The Hall–Kier alpha value is -1.20. The van der Waals surface area contributed by atoms with Crippen LogP contribution in [0.3, 0.4) is 0 Å². The Balaban J connectivity index is 1.43. The quantitative estimate of drug-likeness (QED) is 0.926. The van der Waals surface area contributed by atoms with Gasteiger partial charge in [0, 0.05) is 29.9 Å². The highest BCUT2D eigenvalue weighted by atomic mass is 35.5. The first-order valence-corrected chi connectivity index (χ1v) is 7.46. The van der Waals surface area contributed by atoms with Gasteiger partial charge in [0.15, 0.2) is 0 Å². The molecule has 1 amide bonds. The maximum absolute atomic E-state index is 13.3. The molecule has 114 valence electrons. The molecule has 0 spiro atoms. The molecule has 2 atom stereocenters. The lowest BCUT2D eigenvalue weighted by atomic mass is 10.1. The Kier molecular flexibility index (Phi) is 3.88. The van der Waals surface area contributed by atoms with E-state index in [-0.39, 0.29) is 12.5 Å². The SMILES string of the molecule is O=C(CN1CCC2C(C1)C2(F)F)NCc1ccc(Cl)cc1. The van der Waals surface area contributed by atoms with Crippen LogP contribution in [0.25, 0.3) is 0 Å². The van der Waals surface area contributed by atoms with E-state index in [0.29, 0.717) is 31.1 Å². The van der Waals surface area contributed by atoms with Gasteiger partial charge in [0.05, 0.1) is 6.54 Å². The topological polar surface area (TPSA) is 32.3 Å². The summed E-state index contributed by atoms with van der Waals surface area (Å²) in [5, 5.41) is 3.45. The number of carbonyl (C=O) groups excluding carboxylic acids is 1. The summed E-state index contributed by atoms with van der Waals surface area (Å²) >= 11 is 5.79. The highest BCUT2D eigenvalue weighted by Crippen LogP contribution is 2.58. The van der Waals surface area contributed by atoms with Crippen LogP contribution >= 0.6 is 11.6 Å². The van der Waals surface area contributed by atoms with E-state index in [4.69, 9.17) is 11.6 Å². The minimum atomic E-state index is -2.51. The predicted molar refractivity (Wildman–Crippen MR) is 76.3 cm³/mol. The summed E-state index contributed by atoms with van der Waals surface area (Å²) in [7, 11) is 0. The molecule has 2 aliphatic rings. The smallest absolute Gasteiger partial charge is 0.255 e. The maximum atomic E-state index is 13.3. The Bertz CT molecular complexity index is 535. The number of nitrogens with zero attached hydrogens (tertiary/aromatic N) is 1. The van der Waals surface area contributed by atoms with Gasteiger partial charge in [0.1, 0.15) is 0 Å². The second-order valence-corrected chi connectivity index (χ2v) is 6.25. The number of likely N-dealkylation sites (tertiary alicyclic amines) is 1. The third-order valence-corrected chi connectivity index (χ3v) is 4.60. The second-order valence-electron chi connectivity index (χ2n) is 5.81. The summed E-state index contributed by atoms with van der Waals surface area (Å²) in [6.45, 7) is 1.51. The first-order chi connectivity index (χ1) is 9.96. The molecule has 0 aromatic heterocycles. The summed E-state index contributed by atoms with van der Waals surface area (Å²) in [6.07, 6.45) is 0.488. The number of benzene rings is 1. The summed E-state index contributed by atoms with van der Waals surface area (Å²) in [5.41, 5.74) is 0.959. The molecule has 1 saturated heterocycles. The fourth-order valence-electron chi connectivity index (χ4n) is 3.00. The standard InChI is InChI=1S/C15H17ClF2N2O/c16-11-3-1-10(2-4-11)7-19-14(21)9-20-6-5-12-13(8-20)15(12,17)18/h1-4,12-13H,5-9H2,(H,19,21). The van der Waals surface area contributed by atoms with E-state index in [2.05, 4.69) is 5.32 Å². The number of hydrogen-bond donors (Lipinski definition) is 1. The van der Waals surface area contributed by atoms with Crippen molar-refractivity contribution < 1.29 is 13.6 Å². The lowest BCUT2D eigenvalue weighted by Crippen LogP contribution is -2.40. The van der Waals surface area contributed by atoms with E-state index in [0.717, 1.165) is 5.56 Å². The number of hydrogen-bond acceptors (Lipinski definition) is 2. The summed E-state index contributed by atoms with van der Waals surface area (Å²) in [5.74, 6) is -3.64. The largest absolute Gasteiger partial charge is 0.351 e. The number of nitrogens with one attached hydrogen (secondary N) is 1. The Morgan fingerprint density at radius 3 is 2.71 bits per heavy atom. The summed E-state index contributed by atoms with van der Waals surface area (Å²) in [6, 6.07) is 7.23. The van der Waals surface area contributed by atoms with Crippen molar-refractivity contribution in [2.24, 2.45) is 11.8 Å². The molecular formula is C15H17ClF2N2O. The number of piperidine rings is 1. The van der Waals surface area contributed by atoms with E-state index in [1.807, 2.05) is 17.0 Å². The van der Waals surface area contributed by atoms with Gasteiger partial charge in [-0.15, -0.1) is 0 Å². The van der Waals surface area contributed by atoms with Crippen molar-refractivity contribution >= 4 is 17.5 Å². The molecule has 1 heterocycles. The van der Waals surface area contributed by atoms with E-state index in [1.54, 1.807) is 12.1 Å². The molecule has 0 bridgehead atoms. The zero-order valence-corrected chi connectivity index (χ0v) is 12.2. The average Bonchev–Trinajstić information content (AvgIpc) is 3.00. The molecule has 1 aromatic carbocycles. The highest BCUT2D eigenvalue weighted by Gasteiger charge is 2.68. The number of halogens is 3. The van der Waals surface area contributed by atoms with Crippen LogP contribution in [0.5, 0.6) is 0 Å². The molecule has 1 aromatic rings. The number of rotatable bonds is 4. The van der Waals surface area contributed by atoms with Crippen molar-refractivity contribution in [3.8, 4) is 0 Å². The van der Waals surface area contributed by atoms with Crippen LogP contribution < -0.4 is 5.32 Å². The number of carbonyl (C=O) groups is 1. The van der Waals surface area contributed by atoms with Gasteiger partial charge < -0.3 is 5.32 Å². The Morgan fingerprint density at radius 2 is 2.05 bits per heavy atom. The average molecular weight is 315 g/mol. The van der Waals surface area contributed by atoms with Crippen LogP contribution in [0.4, 0.5) is 8.78 Å². The van der Waals surface area contributed by atoms with E-state index >= 15 is 0 Å². The number of fused-ring (bicyclic) bond motifs is 1. The van der Waals surface area contributed by atoms with Gasteiger partial charge in [-0.1, -0.05) is 23.7 Å². The van der Waals surface area contributed by atoms with Crippen LogP contribution in [0.2, 0.25) is 5.02 Å². The van der Waals surface area contributed by atoms with Gasteiger partial charge in [0.2, 0.25) is 5.91 Å². The number of alkyl halides is 2. The van der Waals surface area contributed by atoms with Crippen LogP contribution in [-0.4, -0.2) is 36.4 Å². The minimum absolute atomic E-state index is 0.132. The van der Waals surface area contributed by atoms with Gasteiger partial charge in [-0.25, -0.2) is 8.78 Å². The zero-order valence-electron chi connectivity index (χ0n) is 11.5. The van der Waals surface area contributed by atoms with Crippen molar-refractivity contribution in [3.05, 3.63) is 34.9 Å². The molecule has 3 rings (SSSR count). The lowest BCUT2D eigenvalue weighted by Gasteiger charge is -2.24. The third kappa shape index (κ3) is 3.19. The van der Waals surface area contributed by atoms with E-state index in [9.17, 15) is 13.6 Å². The zero-order chi connectivity index (χ0) is 15.0. The lowest BCUT2D eigenvalue weighted by molar-refractivity contribution is -0.122. The van der Waals surface area contributed by atoms with E-state index < -0.39 is 17.8 Å². The molecule has 6 heteroatoms. The third-order valence-electron chi connectivity index (χ3n) is 4.35. The molecule has 0 radical (unpaired) electrons. The molecule has 2 fully saturated rings. The molecule has 1 aliphatic carbocycles. The monoisotopic (exact) mass is 314 g/mol. The van der Waals surface area contributed by atoms with Crippen molar-refractivity contribution in [2.75, 3.05) is 19.6 Å². The van der Waals surface area contributed by atoms with Crippen LogP contribution in [0, 0.1) is 11.8 Å². The molecule has 3 nitrogen and oxygen atoms in total. The molecule has 2 unspecified atom stereocenters.